The summed E-state index contributed by atoms with van der Waals surface area (Å²) in [6, 6.07) is 6.73. The Morgan fingerprint density at radius 1 is 1.39 bits per heavy atom. The molecular weight excluding hydrogens is 231 g/mol. The van der Waals surface area contributed by atoms with Crippen molar-refractivity contribution in [1.29, 1.82) is 0 Å². The van der Waals surface area contributed by atoms with Crippen molar-refractivity contribution in [3.05, 3.63) is 53.6 Å². The lowest BCUT2D eigenvalue weighted by Gasteiger charge is -2.09. The van der Waals surface area contributed by atoms with Gasteiger partial charge in [0.2, 0.25) is 0 Å². The maximum absolute atomic E-state index is 13.5. The van der Waals surface area contributed by atoms with E-state index in [1.54, 1.807) is 18.5 Å². The highest BCUT2D eigenvalue weighted by Gasteiger charge is 2.06. The average molecular weight is 246 g/mol. The van der Waals surface area contributed by atoms with Gasteiger partial charge < -0.3 is 10.5 Å². The minimum atomic E-state index is -0.427. The van der Waals surface area contributed by atoms with Crippen LogP contribution in [-0.2, 0) is 6.42 Å². The zero-order chi connectivity index (χ0) is 13.0. The van der Waals surface area contributed by atoms with E-state index in [0.29, 0.717) is 18.7 Å². The van der Waals surface area contributed by atoms with E-state index in [1.807, 2.05) is 19.1 Å². The number of halogens is 1. The van der Waals surface area contributed by atoms with E-state index >= 15 is 0 Å². The molecule has 0 amide bonds. The van der Waals surface area contributed by atoms with Crippen molar-refractivity contribution in [1.82, 2.24) is 4.98 Å². The smallest absolute Gasteiger partial charge is 0.167 e. The molecular formula is C14H15FN2O. The lowest BCUT2D eigenvalue weighted by Crippen LogP contribution is -2.04. The third-order valence-electron chi connectivity index (χ3n) is 2.69. The highest BCUT2D eigenvalue weighted by atomic mass is 19.1. The molecule has 4 heteroatoms. The fraction of sp³-hybridized carbons (Fsp3) is 0.214. The van der Waals surface area contributed by atoms with E-state index in [-0.39, 0.29) is 5.75 Å². The zero-order valence-corrected chi connectivity index (χ0v) is 10.2. The maximum Gasteiger partial charge on any atom is 0.167 e. The molecule has 94 valence electrons. The van der Waals surface area contributed by atoms with Gasteiger partial charge >= 0.3 is 0 Å². The molecule has 0 aliphatic carbocycles. The predicted molar refractivity (Wildman–Crippen MR) is 69.0 cm³/mol. The molecule has 0 radical (unpaired) electrons. The normalized spacial score (nSPS) is 10.3. The van der Waals surface area contributed by atoms with Gasteiger partial charge in [0.05, 0.1) is 6.61 Å². The van der Waals surface area contributed by atoms with E-state index in [1.165, 1.54) is 6.07 Å². The molecule has 0 saturated carbocycles. The summed E-state index contributed by atoms with van der Waals surface area (Å²) in [6.45, 7) is 2.23. The molecule has 0 unspecified atom stereocenters. The van der Waals surface area contributed by atoms with Crippen molar-refractivity contribution in [2.45, 2.75) is 13.3 Å². The number of anilines is 1. The van der Waals surface area contributed by atoms with Crippen LogP contribution in [0.1, 0.15) is 11.1 Å². The van der Waals surface area contributed by atoms with Gasteiger partial charge in [0, 0.05) is 30.6 Å². The molecule has 3 nitrogen and oxygen atoms in total. The van der Waals surface area contributed by atoms with Gasteiger partial charge in [-0.25, -0.2) is 4.39 Å². The Kier molecular flexibility index (Phi) is 3.77. The van der Waals surface area contributed by atoms with Crippen LogP contribution < -0.4 is 10.5 Å². The molecule has 18 heavy (non-hydrogen) atoms. The number of nitrogen functional groups attached to an aromatic ring is 1. The Labute approximate surface area is 105 Å². The van der Waals surface area contributed by atoms with Crippen LogP contribution >= 0.6 is 0 Å². The minimum absolute atomic E-state index is 0.241. The third kappa shape index (κ3) is 2.97. The largest absolute Gasteiger partial charge is 0.490 e. The molecule has 0 saturated heterocycles. The molecule has 0 aliphatic heterocycles. The fourth-order valence-corrected chi connectivity index (χ4v) is 1.61. The topological polar surface area (TPSA) is 48.1 Å². The van der Waals surface area contributed by atoms with Gasteiger partial charge in [0.15, 0.2) is 11.6 Å². The lowest BCUT2D eigenvalue weighted by atomic mass is 10.2. The van der Waals surface area contributed by atoms with E-state index in [2.05, 4.69) is 4.98 Å². The number of hydrogen-bond acceptors (Lipinski definition) is 3. The van der Waals surface area contributed by atoms with Crippen LogP contribution in [-0.4, -0.2) is 11.6 Å². The Balaban J connectivity index is 1.97. The number of aromatic nitrogens is 1. The number of benzene rings is 1. The first-order valence-corrected chi connectivity index (χ1v) is 5.74. The van der Waals surface area contributed by atoms with Gasteiger partial charge in [0.25, 0.3) is 0 Å². The van der Waals surface area contributed by atoms with E-state index in [0.717, 1.165) is 11.1 Å². The Morgan fingerprint density at radius 2 is 2.22 bits per heavy atom. The van der Waals surface area contributed by atoms with Gasteiger partial charge in [-0.3, -0.25) is 4.98 Å². The second-order valence-corrected chi connectivity index (χ2v) is 4.10. The minimum Gasteiger partial charge on any atom is -0.490 e. The first-order chi connectivity index (χ1) is 8.66. The van der Waals surface area contributed by atoms with Gasteiger partial charge in [-0.1, -0.05) is 6.07 Å². The van der Waals surface area contributed by atoms with Crippen LogP contribution in [0.3, 0.4) is 0 Å². The molecule has 0 fully saturated rings. The number of nitrogens with two attached hydrogens (primary N) is 1. The number of pyridine rings is 1. The van der Waals surface area contributed by atoms with Crippen molar-refractivity contribution in [3.63, 3.8) is 0 Å². The van der Waals surface area contributed by atoms with Gasteiger partial charge in [0.1, 0.15) is 0 Å². The van der Waals surface area contributed by atoms with Crippen LogP contribution in [0.2, 0.25) is 0 Å². The monoisotopic (exact) mass is 246 g/mol. The standard InChI is InChI=1S/C14H15FN2O/c1-10-7-14(12(15)8-13(10)16)18-6-4-11-3-2-5-17-9-11/h2-3,5,7-9H,4,6,16H2,1H3. The number of ether oxygens (including phenoxy) is 1. The lowest BCUT2D eigenvalue weighted by molar-refractivity contribution is 0.305. The first kappa shape index (κ1) is 12.4. The maximum atomic E-state index is 13.5. The predicted octanol–water partition coefficient (Wildman–Crippen LogP) is 2.73. The van der Waals surface area contributed by atoms with Crippen LogP contribution in [0.15, 0.2) is 36.7 Å². The average Bonchev–Trinajstić information content (AvgIpc) is 2.37. The summed E-state index contributed by atoms with van der Waals surface area (Å²) in [4.78, 5) is 4.01. The molecule has 0 aliphatic rings. The van der Waals surface area contributed by atoms with Crippen molar-refractivity contribution in [2.24, 2.45) is 0 Å². The Hall–Kier alpha value is -2.10. The second kappa shape index (κ2) is 5.49. The van der Waals surface area contributed by atoms with E-state index in [4.69, 9.17) is 10.5 Å². The van der Waals surface area contributed by atoms with E-state index in [9.17, 15) is 4.39 Å². The SMILES string of the molecule is Cc1cc(OCCc2cccnc2)c(F)cc1N. The Morgan fingerprint density at radius 3 is 2.94 bits per heavy atom. The number of rotatable bonds is 4. The summed E-state index contributed by atoms with van der Waals surface area (Å²) < 4.78 is 19.0. The summed E-state index contributed by atoms with van der Waals surface area (Å²) >= 11 is 0. The highest BCUT2D eigenvalue weighted by molar-refractivity contribution is 5.50. The summed E-state index contributed by atoms with van der Waals surface area (Å²) in [6.07, 6.45) is 4.18. The summed E-state index contributed by atoms with van der Waals surface area (Å²) in [5.74, 6) is -0.185. The van der Waals surface area contributed by atoms with Crippen molar-refractivity contribution >= 4 is 5.69 Å². The van der Waals surface area contributed by atoms with Crippen LogP contribution in [0.5, 0.6) is 5.75 Å². The third-order valence-corrected chi connectivity index (χ3v) is 2.69. The first-order valence-electron chi connectivity index (χ1n) is 5.74. The van der Waals surface area contributed by atoms with Gasteiger partial charge in [-0.15, -0.1) is 0 Å². The summed E-state index contributed by atoms with van der Waals surface area (Å²) in [5, 5.41) is 0. The molecule has 2 aromatic rings. The molecule has 1 aromatic heterocycles. The highest BCUT2D eigenvalue weighted by Crippen LogP contribution is 2.23. The van der Waals surface area contributed by atoms with Crippen LogP contribution in [0.4, 0.5) is 10.1 Å². The summed E-state index contributed by atoms with van der Waals surface area (Å²) in [5.41, 5.74) is 7.92. The number of nitrogens with zero attached hydrogens (tertiary/aromatic N) is 1. The van der Waals surface area contributed by atoms with Crippen molar-refractivity contribution in [3.8, 4) is 5.75 Å². The fourth-order valence-electron chi connectivity index (χ4n) is 1.61. The summed E-state index contributed by atoms with van der Waals surface area (Å²) in [7, 11) is 0. The van der Waals surface area contributed by atoms with Gasteiger partial charge in [-0.05, 0) is 30.2 Å². The molecule has 1 aromatic carbocycles. The van der Waals surface area contributed by atoms with Crippen molar-refractivity contribution in [2.75, 3.05) is 12.3 Å². The number of aryl methyl sites for hydroxylation is 1. The quantitative estimate of drug-likeness (QED) is 0.844. The molecule has 0 atom stereocenters. The Bertz CT molecular complexity index is 529. The molecule has 0 bridgehead atoms. The van der Waals surface area contributed by atoms with E-state index < -0.39 is 5.82 Å². The second-order valence-electron chi connectivity index (χ2n) is 4.10. The number of hydrogen-bond donors (Lipinski definition) is 1. The zero-order valence-electron chi connectivity index (χ0n) is 10.2. The van der Waals surface area contributed by atoms with Crippen molar-refractivity contribution < 1.29 is 9.13 Å². The van der Waals surface area contributed by atoms with Crippen LogP contribution in [0, 0.1) is 12.7 Å². The molecule has 2 rings (SSSR count). The molecule has 2 N–H and O–H groups in total. The molecule has 1 heterocycles. The van der Waals surface area contributed by atoms with Gasteiger partial charge in [-0.2, -0.15) is 0 Å². The van der Waals surface area contributed by atoms with Crippen LogP contribution in [0.25, 0.3) is 0 Å². The molecule has 0 spiro atoms.